The van der Waals surface area contributed by atoms with Crippen LogP contribution >= 0.6 is 0 Å². The summed E-state index contributed by atoms with van der Waals surface area (Å²) in [5, 5.41) is 12.8. The molecule has 0 aliphatic heterocycles. The van der Waals surface area contributed by atoms with Crippen LogP contribution in [-0.4, -0.2) is 30.2 Å². The number of fused-ring (bicyclic) bond motifs is 1. The summed E-state index contributed by atoms with van der Waals surface area (Å²) < 4.78 is 2.33. The maximum Gasteiger partial charge on any atom is 0.352 e. The van der Waals surface area contributed by atoms with Crippen molar-refractivity contribution < 1.29 is 9.90 Å². The quantitative estimate of drug-likeness (QED) is 0.876. The normalized spacial score (nSPS) is 11.4. The molecule has 2 aromatic rings. The molecule has 7 nitrogen and oxygen atoms in total. The second-order valence-electron chi connectivity index (χ2n) is 4.64. The van der Waals surface area contributed by atoms with E-state index in [0.29, 0.717) is 11.5 Å². The fraction of sp³-hybridized carbons (Fsp3) is 0.500. The molecule has 0 radical (unpaired) electrons. The van der Waals surface area contributed by atoms with Gasteiger partial charge in [-0.3, -0.25) is 4.79 Å². The SMILES string of the molecule is CCc1cc2nn(CC(=O)O)c(=O)n2c(C(C)C)n1. The van der Waals surface area contributed by atoms with Gasteiger partial charge in [0.05, 0.1) is 0 Å². The molecule has 0 aliphatic rings. The molecule has 19 heavy (non-hydrogen) atoms. The zero-order valence-electron chi connectivity index (χ0n) is 11.1. The first-order valence-electron chi connectivity index (χ1n) is 6.15. The number of hydrogen-bond acceptors (Lipinski definition) is 4. The summed E-state index contributed by atoms with van der Waals surface area (Å²) in [6.07, 6.45) is 0.732. The molecule has 0 spiro atoms. The van der Waals surface area contributed by atoms with E-state index < -0.39 is 18.2 Å². The van der Waals surface area contributed by atoms with Crippen LogP contribution < -0.4 is 5.69 Å². The van der Waals surface area contributed by atoms with E-state index in [4.69, 9.17) is 5.11 Å². The monoisotopic (exact) mass is 264 g/mol. The molecule has 0 saturated carbocycles. The summed E-state index contributed by atoms with van der Waals surface area (Å²) in [4.78, 5) is 27.3. The van der Waals surface area contributed by atoms with Crippen LogP contribution in [-0.2, 0) is 17.8 Å². The van der Waals surface area contributed by atoms with E-state index in [0.717, 1.165) is 16.8 Å². The van der Waals surface area contributed by atoms with Gasteiger partial charge < -0.3 is 5.11 Å². The molecule has 0 fully saturated rings. The maximum absolute atomic E-state index is 12.1. The number of carbonyl (C=O) groups is 1. The Kier molecular flexibility index (Phi) is 3.37. The van der Waals surface area contributed by atoms with Gasteiger partial charge in [-0.2, -0.15) is 0 Å². The number of carboxylic acids is 1. The van der Waals surface area contributed by atoms with Crippen molar-refractivity contribution in [2.24, 2.45) is 0 Å². The van der Waals surface area contributed by atoms with E-state index >= 15 is 0 Å². The molecule has 0 saturated heterocycles. The molecule has 0 atom stereocenters. The summed E-state index contributed by atoms with van der Waals surface area (Å²) in [6.45, 7) is 5.39. The van der Waals surface area contributed by atoms with Gasteiger partial charge in [-0.05, 0) is 6.42 Å². The Morgan fingerprint density at radius 2 is 2.16 bits per heavy atom. The minimum absolute atomic E-state index is 0.0502. The predicted molar refractivity (Wildman–Crippen MR) is 68.3 cm³/mol. The molecule has 7 heteroatoms. The molecule has 2 heterocycles. The van der Waals surface area contributed by atoms with Crippen molar-refractivity contribution >= 4 is 11.6 Å². The first-order chi connectivity index (χ1) is 8.93. The summed E-state index contributed by atoms with van der Waals surface area (Å²) in [5.74, 6) is -0.439. The van der Waals surface area contributed by atoms with Crippen LogP contribution in [0.4, 0.5) is 0 Å². The highest BCUT2D eigenvalue weighted by atomic mass is 16.4. The van der Waals surface area contributed by atoms with E-state index in [2.05, 4.69) is 10.1 Å². The number of rotatable bonds is 4. The first-order valence-corrected chi connectivity index (χ1v) is 6.15. The van der Waals surface area contributed by atoms with Crippen molar-refractivity contribution in [2.45, 2.75) is 39.7 Å². The molecule has 0 aliphatic carbocycles. The topological polar surface area (TPSA) is 89.5 Å². The van der Waals surface area contributed by atoms with Gasteiger partial charge in [-0.15, -0.1) is 5.10 Å². The third-order valence-corrected chi connectivity index (χ3v) is 2.81. The summed E-state index contributed by atoms with van der Waals surface area (Å²) in [5.41, 5.74) is 0.821. The lowest BCUT2D eigenvalue weighted by Crippen LogP contribution is -2.26. The van der Waals surface area contributed by atoms with Crippen molar-refractivity contribution in [1.82, 2.24) is 19.2 Å². The highest BCUT2D eigenvalue weighted by Crippen LogP contribution is 2.13. The van der Waals surface area contributed by atoms with Crippen LogP contribution in [0.15, 0.2) is 10.9 Å². The summed E-state index contributed by atoms with van der Waals surface area (Å²) >= 11 is 0. The Morgan fingerprint density at radius 3 is 2.68 bits per heavy atom. The molecule has 1 N–H and O–H groups in total. The van der Waals surface area contributed by atoms with Crippen LogP contribution in [0.25, 0.3) is 5.65 Å². The Hall–Kier alpha value is -2.18. The lowest BCUT2D eigenvalue weighted by Gasteiger charge is -2.08. The highest BCUT2D eigenvalue weighted by molar-refractivity contribution is 5.66. The molecular weight excluding hydrogens is 248 g/mol. The average Bonchev–Trinajstić information content (AvgIpc) is 2.64. The van der Waals surface area contributed by atoms with E-state index in [1.54, 1.807) is 6.07 Å². The van der Waals surface area contributed by atoms with Crippen molar-refractivity contribution in [3.63, 3.8) is 0 Å². The highest BCUT2D eigenvalue weighted by Gasteiger charge is 2.16. The standard InChI is InChI=1S/C12H16N4O3/c1-4-8-5-9-14-15(6-10(17)18)12(19)16(9)11(13-8)7(2)3/h5,7H,4,6H2,1-3H3,(H,17,18). The van der Waals surface area contributed by atoms with Gasteiger partial charge in [0, 0.05) is 17.7 Å². The molecule has 2 rings (SSSR count). The van der Waals surface area contributed by atoms with Crippen molar-refractivity contribution in [3.05, 3.63) is 28.1 Å². The van der Waals surface area contributed by atoms with Gasteiger partial charge in [0.1, 0.15) is 12.4 Å². The molecule has 2 aromatic heterocycles. The number of hydrogen-bond donors (Lipinski definition) is 1. The van der Waals surface area contributed by atoms with Crippen LogP contribution in [0.1, 0.15) is 38.2 Å². The minimum atomic E-state index is -1.10. The Bertz CT molecular complexity index is 684. The van der Waals surface area contributed by atoms with E-state index in [-0.39, 0.29) is 5.92 Å². The summed E-state index contributed by atoms with van der Waals surface area (Å²) in [6, 6.07) is 1.71. The lowest BCUT2D eigenvalue weighted by atomic mass is 10.2. The average molecular weight is 264 g/mol. The van der Waals surface area contributed by atoms with Gasteiger partial charge >= 0.3 is 11.7 Å². The Morgan fingerprint density at radius 1 is 1.47 bits per heavy atom. The third-order valence-electron chi connectivity index (χ3n) is 2.81. The first kappa shape index (κ1) is 13.3. The second kappa shape index (κ2) is 4.83. The third kappa shape index (κ3) is 2.35. The van der Waals surface area contributed by atoms with E-state index in [1.807, 2.05) is 20.8 Å². The van der Waals surface area contributed by atoms with Crippen molar-refractivity contribution in [3.8, 4) is 0 Å². The Labute approximate surface area is 109 Å². The van der Waals surface area contributed by atoms with Gasteiger partial charge in [0.2, 0.25) is 0 Å². The van der Waals surface area contributed by atoms with Crippen LogP contribution in [0.5, 0.6) is 0 Å². The zero-order chi connectivity index (χ0) is 14.2. The predicted octanol–water partition coefficient (Wildman–Crippen LogP) is 0.661. The molecule has 0 amide bonds. The smallest absolute Gasteiger partial charge is 0.352 e. The minimum Gasteiger partial charge on any atom is -0.480 e. The lowest BCUT2D eigenvalue weighted by molar-refractivity contribution is -0.137. The fourth-order valence-corrected chi connectivity index (χ4v) is 1.91. The van der Waals surface area contributed by atoms with Crippen LogP contribution in [0.2, 0.25) is 0 Å². The number of aliphatic carboxylic acids is 1. The van der Waals surface area contributed by atoms with Gasteiger partial charge in [-0.25, -0.2) is 18.9 Å². The number of carboxylic acid groups (broad SMARTS) is 1. The van der Waals surface area contributed by atoms with E-state index in [9.17, 15) is 9.59 Å². The molecule has 0 bridgehead atoms. The number of aryl methyl sites for hydroxylation is 1. The second-order valence-corrected chi connectivity index (χ2v) is 4.64. The molecule has 102 valence electrons. The van der Waals surface area contributed by atoms with Crippen LogP contribution in [0.3, 0.4) is 0 Å². The van der Waals surface area contributed by atoms with Crippen molar-refractivity contribution in [2.75, 3.05) is 0 Å². The fourth-order valence-electron chi connectivity index (χ4n) is 1.91. The van der Waals surface area contributed by atoms with Gasteiger partial charge in [-0.1, -0.05) is 20.8 Å². The van der Waals surface area contributed by atoms with Gasteiger partial charge in [0.25, 0.3) is 0 Å². The molecule has 0 aromatic carbocycles. The van der Waals surface area contributed by atoms with Gasteiger partial charge in [0.15, 0.2) is 5.65 Å². The molecular formula is C12H16N4O3. The van der Waals surface area contributed by atoms with Crippen molar-refractivity contribution in [1.29, 1.82) is 0 Å². The van der Waals surface area contributed by atoms with Crippen LogP contribution in [0, 0.1) is 0 Å². The number of aromatic nitrogens is 4. The Balaban J connectivity index is 2.74. The number of nitrogens with zero attached hydrogens (tertiary/aromatic N) is 4. The largest absolute Gasteiger partial charge is 0.480 e. The zero-order valence-corrected chi connectivity index (χ0v) is 11.1. The molecule has 0 unspecified atom stereocenters. The van der Waals surface area contributed by atoms with E-state index in [1.165, 1.54) is 4.40 Å². The maximum atomic E-state index is 12.1. The summed E-state index contributed by atoms with van der Waals surface area (Å²) in [7, 11) is 0.